The molecule has 1 aromatic rings. The first kappa shape index (κ1) is 11.9. The number of phenolic OH excluding ortho intramolecular Hbond substituents is 1. The van der Waals surface area contributed by atoms with Gasteiger partial charge in [-0.05, 0) is 51.3 Å². The van der Waals surface area contributed by atoms with Crippen LogP contribution in [0.25, 0.3) is 0 Å². The number of phenols is 1. The van der Waals surface area contributed by atoms with E-state index >= 15 is 0 Å². The Morgan fingerprint density at radius 1 is 1.33 bits per heavy atom. The van der Waals surface area contributed by atoms with Gasteiger partial charge in [-0.1, -0.05) is 6.92 Å². The molecule has 1 aromatic carbocycles. The lowest BCUT2D eigenvalue weighted by Crippen LogP contribution is -2.08. The minimum Gasteiger partial charge on any atom is -0.507 e. The summed E-state index contributed by atoms with van der Waals surface area (Å²) < 4.78 is 5.74. The third kappa shape index (κ3) is 2.44. The summed E-state index contributed by atoms with van der Waals surface area (Å²) in [6.45, 7) is 9.93. The molecule has 2 nitrogen and oxygen atoms in total. The van der Waals surface area contributed by atoms with Crippen molar-refractivity contribution in [3.05, 3.63) is 22.8 Å². The molecule has 0 atom stereocenters. The van der Waals surface area contributed by atoms with Gasteiger partial charge in [0, 0.05) is 5.56 Å². The summed E-state index contributed by atoms with van der Waals surface area (Å²) in [5.41, 5.74) is 2.92. The van der Waals surface area contributed by atoms with Crippen molar-refractivity contribution in [3.8, 4) is 11.5 Å². The first-order valence-electron chi connectivity index (χ1n) is 5.46. The van der Waals surface area contributed by atoms with E-state index in [0.29, 0.717) is 5.75 Å². The van der Waals surface area contributed by atoms with Crippen LogP contribution in [0, 0.1) is 13.8 Å². The third-order valence-corrected chi connectivity index (χ3v) is 2.54. The average Bonchev–Trinajstić information content (AvgIpc) is 2.14. The molecule has 1 N–H and O–H groups in total. The number of hydrogen-bond donors (Lipinski definition) is 1. The van der Waals surface area contributed by atoms with Gasteiger partial charge in [-0.3, -0.25) is 0 Å². The van der Waals surface area contributed by atoms with Crippen molar-refractivity contribution in [3.63, 3.8) is 0 Å². The maximum Gasteiger partial charge on any atom is 0.123 e. The van der Waals surface area contributed by atoms with Crippen molar-refractivity contribution in [2.75, 3.05) is 0 Å². The zero-order valence-electron chi connectivity index (χ0n) is 10.2. The van der Waals surface area contributed by atoms with Crippen molar-refractivity contribution in [2.24, 2.45) is 0 Å². The molecular formula is C13H20O2. The van der Waals surface area contributed by atoms with Gasteiger partial charge in [-0.15, -0.1) is 0 Å². The van der Waals surface area contributed by atoms with Crippen molar-refractivity contribution in [1.82, 2.24) is 0 Å². The van der Waals surface area contributed by atoms with Gasteiger partial charge in [-0.25, -0.2) is 0 Å². The number of aryl methyl sites for hydroxylation is 1. The minimum absolute atomic E-state index is 0.165. The Bertz CT molecular complexity index is 354. The van der Waals surface area contributed by atoms with E-state index in [4.69, 9.17) is 4.74 Å². The Kier molecular flexibility index (Phi) is 3.61. The summed E-state index contributed by atoms with van der Waals surface area (Å²) in [6.07, 6.45) is 1.04. The highest BCUT2D eigenvalue weighted by Crippen LogP contribution is 2.33. The molecule has 0 bridgehead atoms. The van der Waals surface area contributed by atoms with Gasteiger partial charge in [0.1, 0.15) is 11.5 Å². The fourth-order valence-electron chi connectivity index (χ4n) is 1.77. The van der Waals surface area contributed by atoms with Gasteiger partial charge in [0.25, 0.3) is 0 Å². The quantitative estimate of drug-likeness (QED) is 0.825. The normalized spacial score (nSPS) is 10.8. The molecule has 0 saturated heterocycles. The molecule has 0 heterocycles. The first-order valence-corrected chi connectivity index (χ1v) is 5.46. The fraction of sp³-hybridized carbons (Fsp3) is 0.538. The second-order valence-electron chi connectivity index (χ2n) is 4.16. The molecule has 84 valence electrons. The van der Waals surface area contributed by atoms with E-state index < -0.39 is 0 Å². The summed E-state index contributed by atoms with van der Waals surface area (Å²) >= 11 is 0. The lowest BCUT2D eigenvalue weighted by atomic mass is 10.0. The van der Waals surface area contributed by atoms with E-state index in [1.165, 1.54) is 0 Å². The molecule has 0 saturated carbocycles. The highest BCUT2D eigenvalue weighted by Gasteiger charge is 2.12. The summed E-state index contributed by atoms with van der Waals surface area (Å²) in [4.78, 5) is 0. The maximum absolute atomic E-state index is 9.82. The molecular weight excluding hydrogens is 188 g/mol. The number of ether oxygens (including phenoxy) is 1. The number of benzene rings is 1. The second-order valence-corrected chi connectivity index (χ2v) is 4.16. The molecule has 15 heavy (non-hydrogen) atoms. The summed E-state index contributed by atoms with van der Waals surface area (Å²) in [5.74, 6) is 1.29. The van der Waals surface area contributed by atoms with Crippen LogP contribution in [0.1, 0.15) is 37.5 Å². The van der Waals surface area contributed by atoms with Crippen molar-refractivity contribution < 1.29 is 9.84 Å². The molecule has 0 spiro atoms. The molecule has 0 radical (unpaired) electrons. The molecule has 1 rings (SSSR count). The van der Waals surface area contributed by atoms with Crippen LogP contribution >= 0.6 is 0 Å². The first-order chi connectivity index (χ1) is 6.97. The van der Waals surface area contributed by atoms with Gasteiger partial charge in [0.15, 0.2) is 0 Å². The molecule has 0 aliphatic carbocycles. The standard InChI is InChI=1S/C13H20O2/c1-6-11-10(5)13(14)9(4)7-12(11)15-8(2)3/h7-8,14H,6H2,1-5H3. The number of hydrogen-bond acceptors (Lipinski definition) is 2. The molecule has 0 aromatic heterocycles. The van der Waals surface area contributed by atoms with Crippen LogP contribution in [0.15, 0.2) is 6.07 Å². The molecule has 0 fully saturated rings. The van der Waals surface area contributed by atoms with E-state index in [1.807, 2.05) is 33.8 Å². The van der Waals surface area contributed by atoms with Gasteiger partial charge in [0.2, 0.25) is 0 Å². The molecule has 0 aliphatic heterocycles. The van der Waals surface area contributed by atoms with Gasteiger partial charge in [0.05, 0.1) is 6.10 Å². The Morgan fingerprint density at radius 2 is 1.93 bits per heavy atom. The highest BCUT2D eigenvalue weighted by molar-refractivity contribution is 5.52. The SMILES string of the molecule is CCc1c(OC(C)C)cc(C)c(O)c1C. The predicted molar refractivity (Wildman–Crippen MR) is 62.7 cm³/mol. The molecule has 0 unspecified atom stereocenters. The smallest absolute Gasteiger partial charge is 0.123 e. The summed E-state index contributed by atoms with van der Waals surface area (Å²) in [5, 5.41) is 9.82. The number of rotatable bonds is 3. The molecule has 2 heteroatoms. The Balaban J connectivity index is 3.25. The second kappa shape index (κ2) is 4.56. The lowest BCUT2D eigenvalue weighted by Gasteiger charge is -2.17. The summed E-state index contributed by atoms with van der Waals surface area (Å²) in [6, 6.07) is 1.92. The predicted octanol–water partition coefficient (Wildman–Crippen LogP) is 3.36. The lowest BCUT2D eigenvalue weighted by molar-refractivity contribution is 0.239. The van der Waals surface area contributed by atoms with E-state index in [9.17, 15) is 5.11 Å². The Labute approximate surface area is 91.9 Å². The van der Waals surface area contributed by atoms with Crippen LogP contribution in [0.2, 0.25) is 0 Å². The topological polar surface area (TPSA) is 29.5 Å². The highest BCUT2D eigenvalue weighted by atomic mass is 16.5. The van der Waals surface area contributed by atoms with Crippen LogP contribution in [0.5, 0.6) is 11.5 Å². The van der Waals surface area contributed by atoms with Gasteiger partial charge < -0.3 is 9.84 Å². The molecule has 0 amide bonds. The van der Waals surface area contributed by atoms with Crippen LogP contribution in [0.4, 0.5) is 0 Å². The van der Waals surface area contributed by atoms with E-state index in [1.54, 1.807) is 0 Å². The average molecular weight is 208 g/mol. The van der Waals surface area contributed by atoms with Gasteiger partial charge in [-0.2, -0.15) is 0 Å². The zero-order chi connectivity index (χ0) is 11.6. The Morgan fingerprint density at radius 3 is 2.40 bits per heavy atom. The van der Waals surface area contributed by atoms with Crippen LogP contribution < -0.4 is 4.74 Å². The number of aromatic hydroxyl groups is 1. The van der Waals surface area contributed by atoms with Crippen LogP contribution in [-0.2, 0) is 6.42 Å². The van der Waals surface area contributed by atoms with E-state index in [-0.39, 0.29) is 6.10 Å². The van der Waals surface area contributed by atoms with Crippen LogP contribution in [-0.4, -0.2) is 11.2 Å². The van der Waals surface area contributed by atoms with Gasteiger partial charge >= 0.3 is 0 Å². The van der Waals surface area contributed by atoms with Crippen LogP contribution in [0.3, 0.4) is 0 Å². The maximum atomic E-state index is 9.82. The minimum atomic E-state index is 0.165. The van der Waals surface area contributed by atoms with Crippen molar-refractivity contribution in [1.29, 1.82) is 0 Å². The largest absolute Gasteiger partial charge is 0.507 e. The summed E-state index contributed by atoms with van der Waals surface area (Å²) in [7, 11) is 0. The van der Waals surface area contributed by atoms with E-state index in [2.05, 4.69) is 6.92 Å². The van der Waals surface area contributed by atoms with E-state index in [0.717, 1.165) is 28.9 Å². The zero-order valence-corrected chi connectivity index (χ0v) is 10.2. The Hall–Kier alpha value is -1.18. The monoisotopic (exact) mass is 208 g/mol. The third-order valence-electron chi connectivity index (χ3n) is 2.54. The van der Waals surface area contributed by atoms with Crippen molar-refractivity contribution in [2.45, 2.75) is 47.1 Å². The fourth-order valence-corrected chi connectivity index (χ4v) is 1.77. The molecule has 0 aliphatic rings. The van der Waals surface area contributed by atoms with Crippen molar-refractivity contribution >= 4 is 0 Å².